The van der Waals surface area contributed by atoms with E-state index in [1.54, 1.807) is 29.8 Å². The van der Waals surface area contributed by atoms with E-state index in [1.165, 1.54) is 12.3 Å². The van der Waals surface area contributed by atoms with Crippen LogP contribution in [0.5, 0.6) is 0 Å². The predicted molar refractivity (Wildman–Crippen MR) is 105 cm³/mol. The molecule has 0 atom stereocenters. The third-order valence-electron chi connectivity index (χ3n) is 4.79. The first-order valence-electron chi connectivity index (χ1n) is 9.90. The van der Waals surface area contributed by atoms with E-state index in [4.69, 9.17) is 4.74 Å². The number of nitrogens with zero attached hydrogens (tertiary/aromatic N) is 3. The van der Waals surface area contributed by atoms with Gasteiger partial charge in [-0.3, -0.25) is 14.6 Å². The van der Waals surface area contributed by atoms with Crippen molar-refractivity contribution in [1.29, 1.82) is 0 Å². The number of hydrogen-bond donors (Lipinski definition) is 1. The number of aromatic nitrogens is 1. The lowest BCUT2D eigenvalue weighted by atomic mass is 10.0. The minimum absolute atomic E-state index is 0.0160. The van der Waals surface area contributed by atoms with E-state index in [9.17, 15) is 14.4 Å². The molecule has 0 spiro atoms. The number of carbonyl (C=O) groups is 3. The number of rotatable bonds is 7. The first kappa shape index (κ1) is 21.7. The highest BCUT2D eigenvalue weighted by Crippen LogP contribution is 2.13. The van der Waals surface area contributed by atoms with Gasteiger partial charge in [-0.1, -0.05) is 13.3 Å². The molecule has 2 heterocycles. The van der Waals surface area contributed by atoms with Gasteiger partial charge in [0.2, 0.25) is 0 Å². The summed E-state index contributed by atoms with van der Waals surface area (Å²) in [6.45, 7) is 5.95. The smallest absolute Gasteiger partial charge is 0.409 e. The van der Waals surface area contributed by atoms with Gasteiger partial charge < -0.3 is 19.9 Å². The Morgan fingerprint density at radius 3 is 2.64 bits per heavy atom. The molecule has 1 fully saturated rings. The predicted octanol–water partition coefficient (Wildman–Crippen LogP) is 2.30. The Balaban J connectivity index is 1.91. The lowest BCUT2D eigenvalue weighted by Crippen LogP contribution is -2.46. The van der Waals surface area contributed by atoms with Crippen molar-refractivity contribution in [3.63, 3.8) is 0 Å². The third kappa shape index (κ3) is 5.94. The maximum Gasteiger partial charge on any atom is 0.409 e. The van der Waals surface area contributed by atoms with Gasteiger partial charge in [-0.15, -0.1) is 0 Å². The van der Waals surface area contributed by atoms with Crippen LogP contribution < -0.4 is 5.32 Å². The molecule has 3 amide bonds. The van der Waals surface area contributed by atoms with Gasteiger partial charge in [0.05, 0.1) is 6.61 Å². The quantitative estimate of drug-likeness (QED) is 0.771. The molecule has 8 nitrogen and oxygen atoms in total. The number of ether oxygens (including phenoxy) is 1. The Morgan fingerprint density at radius 1 is 1.29 bits per heavy atom. The highest BCUT2D eigenvalue weighted by Gasteiger charge is 2.25. The van der Waals surface area contributed by atoms with Gasteiger partial charge in [0.25, 0.3) is 11.8 Å². The number of piperidine rings is 1. The summed E-state index contributed by atoms with van der Waals surface area (Å²) in [4.78, 5) is 44.2. The molecular formula is C20H30N4O4. The zero-order chi connectivity index (χ0) is 20.5. The summed E-state index contributed by atoms with van der Waals surface area (Å²) in [5.41, 5.74) is 0.679. The first-order valence-corrected chi connectivity index (χ1v) is 9.90. The molecule has 0 aromatic carbocycles. The minimum atomic E-state index is -0.309. The first-order chi connectivity index (χ1) is 13.5. The summed E-state index contributed by atoms with van der Waals surface area (Å²) in [5, 5.41) is 2.99. The van der Waals surface area contributed by atoms with E-state index >= 15 is 0 Å². The highest BCUT2D eigenvalue weighted by atomic mass is 16.6. The van der Waals surface area contributed by atoms with E-state index in [0.29, 0.717) is 44.6 Å². The molecule has 0 bridgehead atoms. The van der Waals surface area contributed by atoms with Gasteiger partial charge in [0.1, 0.15) is 5.69 Å². The number of carbonyl (C=O) groups excluding carboxylic acids is 3. The van der Waals surface area contributed by atoms with E-state index in [-0.39, 0.29) is 29.6 Å². The Bertz CT molecular complexity index is 687. The van der Waals surface area contributed by atoms with E-state index in [0.717, 1.165) is 12.8 Å². The monoisotopic (exact) mass is 390 g/mol. The summed E-state index contributed by atoms with van der Waals surface area (Å²) in [6.07, 6.45) is 4.44. The molecule has 1 N–H and O–H groups in total. The van der Waals surface area contributed by atoms with E-state index < -0.39 is 0 Å². The highest BCUT2D eigenvalue weighted by molar-refractivity contribution is 5.98. The van der Waals surface area contributed by atoms with Crippen molar-refractivity contribution in [1.82, 2.24) is 20.1 Å². The Hall–Kier alpha value is -2.64. The molecule has 1 aromatic rings. The van der Waals surface area contributed by atoms with E-state index in [2.05, 4.69) is 17.2 Å². The van der Waals surface area contributed by atoms with Crippen molar-refractivity contribution < 1.29 is 19.1 Å². The second-order valence-electron chi connectivity index (χ2n) is 6.94. The zero-order valence-electron chi connectivity index (χ0n) is 16.9. The lowest BCUT2D eigenvalue weighted by molar-refractivity contribution is 0.0787. The molecule has 0 saturated carbocycles. The fourth-order valence-electron chi connectivity index (χ4n) is 3.07. The van der Waals surface area contributed by atoms with Crippen LogP contribution in [0.4, 0.5) is 4.79 Å². The van der Waals surface area contributed by atoms with Gasteiger partial charge >= 0.3 is 6.09 Å². The molecule has 1 aliphatic heterocycles. The molecule has 0 unspecified atom stereocenters. The van der Waals surface area contributed by atoms with Crippen molar-refractivity contribution in [2.75, 3.05) is 33.3 Å². The molecule has 8 heteroatoms. The van der Waals surface area contributed by atoms with Crippen LogP contribution in [0, 0.1) is 0 Å². The van der Waals surface area contributed by atoms with Crippen molar-refractivity contribution in [3.05, 3.63) is 29.6 Å². The lowest BCUT2D eigenvalue weighted by Gasteiger charge is -2.31. The van der Waals surface area contributed by atoms with Gasteiger partial charge in [-0.05, 0) is 38.3 Å². The van der Waals surface area contributed by atoms with Crippen molar-refractivity contribution in [2.45, 2.75) is 45.6 Å². The van der Waals surface area contributed by atoms with Crippen LogP contribution in [-0.2, 0) is 4.74 Å². The second-order valence-corrected chi connectivity index (χ2v) is 6.94. The van der Waals surface area contributed by atoms with Crippen LogP contribution in [0.2, 0.25) is 0 Å². The minimum Gasteiger partial charge on any atom is -0.450 e. The summed E-state index contributed by atoms with van der Waals surface area (Å²) >= 11 is 0. The Labute approximate surface area is 166 Å². The average molecular weight is 390 g/mol. The maximum atomic E-state index is 12.6. The fourth-order valence-corrected chi connectivity index (χ4v) is 3.07. The van der Waals surface area contributed by atoms with Crippen molar-refractivity contribution >= 4 is 17.9 Å². The molecule has 1 aliphatic rings. The van der Waals surface area contributed by atoms with Crippen LogP contribution >= 0.6 is 0 Å². The van der Waals surface area contributed by atoms with Gasteiger partial charge in [0.15, 0.2) is 0 Å². The molecule has 28 heavy (non-hydrogen) atoms. The summed E-state index contributed by atoms with van der Waals surface area (Å²) < 4.78 is 5.00. The fraction of sp³-hybridized carbons (Fsp3) is 0.600. The topological polar surface area (TPSA) is 91.8 Å². The van der Waals surface area contributed by atoms with Gasteiger partial charge in [-0.2, -0.15) is 0 Å². The molecular weight excluding hydrogens is 360 g/mol. The second kappa shape index (κ2) is 10.6. The number of nitrogens with one attached hydrogen (secondary N) is 1. The Morgan fingerprint density at radius 2 is 2.00 bits per heavy atom. The Kier molecular flexibility index (Phi) is 8.22. The van der Waals surface area contributed by atoms with Gasteiger partial charge in [0, 0.05) is 44.5 Å². The van der Waals surface area contributed by atoms with E-state index in [1.807, 2.05) is 0 Å². The third-order valence-corrected chi connectivity index (χ3v) is 4.79. The molecule has 154 valence electrons. The van der Waals surface area contributed by atoms with Crippen LogP contribution in [0.25, 0.3) is 0 Å². The summed E-state index contributed by atoms with van der Waals surface area (Å²) in [7, 11) is 1.74. The largest absolute Gasteiger partial charge is 0.450 e. The summed E-state index contributed by atoms with van der Waals surface area (Å²) in [5.74, 6) is -0.423. The number of unbranched alkanes of at least 4 members (excludes halogenated alkanes) is 1. The number of hydrogen-bond acceptors (Lipinski definition) is 5. The molecule has 0 aliphatic carbocycles. The van der Waals surface area contributed by atoms with Crippen molar-refractivity contribution in [2.24, 2.45) is 0 Å². The van der Waals surface area contributed by atoms with Gasteiger partial charge in [-0.25, -0.2) is 4.79 Å². The number of pyridine rings is 1. The zero-order valence-corrected chi connectivity index (χ0v) is 16.9. The maximum absolute atomic E-state index is 12.6. The molecule has 2 rings (SSSR count). The van der Waals surface area contributed by atoms with Crippen LogP contribution in [0.15, 0.2) is 18.3 Å². The summed E-state index contributed by atoms with van der Waals surface area (Å²) in [6, 6.07) is 3.12. The standard InChI is InChI=1S/C20H30N4O4/c1-4-6-11-23(3)19(26)17-14-15(7-10-21-17)18(25)22-16-8-12-24(13-9-16)20(27)28-5-2/h7,10,14,16H,4-6,8-9,11-13H2,1-3H3,(H,22,25). The average Bonchev–Trinajstić information content (AvgIpc) is 2.72. The van der Waals surface area contributed by atoms with Crippen LogP contribution in [0.3, 0.4) is 0 Å². The molecule has 1 saturated heterocycles. The normalized spacial score (nSPS) is 14.5. The molecule has 0 radical (unpaired) electrons. The molecule has 1 aromatic heterocycles. The SMILES string of the molecule is CCCCN(C)C(=O)c1cc(C(=O)NC2CCN(C(=O)OCC)CC2)ccn1. The number of likely N-dealkylation sites (tertiary alicyclic amines) is 1. The van der Waals surface area contributed by atoms with Crippen molar-refractivity contribution in [3.8, 4) is 0 Å². The van der Waals surface area contributed by atoms with Crippen LogP contribution in [-0.4, -0.2) is 72.0 Å². The number of amides is 3. The van der Waals surface area contributed by atoms with Crippen LogP contribution in [0.1, 0.15) is 60.4 Å².